The zero-order valence-corrected chi connectivity index (χ0v) is 28.4. The van der Waals surface area contributed by atoms with Crippen LogP contribution in [0.5, 0.6) is 11.5 Å². The standard InChI is InChI=1S/C37H43N3O6S/c1-6-28(3)38-37(42)33(23-29-13-9-7-10-14-29)39(25-30-15-11-8-12-16-30)36(41)26-40(31-19-22-34(45-4)35(24-31)46-5)47(43,44)32-20-17-27(2)18-21-32/h7-22,24,28,33H,6,23,25-26H2,1-5H3,(H,38,42)/t28-,33+/m0/s1. The van der Waals surface area contributed by atoms with E-state index in [2.05, 4.69) is 5.32 Å². The molecule has 0 fully saturated rings. The minimum absolute atomic E-state index is 0.0237. The molecule has 0 saturated heterocycles. The lowest BCUT2D eigenvalue weighted by Gasteiger charge is -2.34. The molecule has 0 saturated carbocycles. The summed E-state index contributed by atoms with van der Waals surface area (Å²) in [5.74, 6) is -0.144. The van der Waals surface area contributed by atoms with E-state index in [9.17, 15) is 18.0 Å². The highest BCUT2D eigenvalue weighted by Crippen LogP contribution is 2.34. The number of benzene rings is 4. The highest BCUT2D eigenvalue weighted by Gasteiger charge is 2.35. The second-order valence-electron chi connectivity index (χ2n) is 11.4. The van der Waals surface area contributed by atoms with Gasteiger partial charge in [0.1, 0.15) is 12.6 Å². The van der Waals surface area contributed by atoms with E-state index in [1.807, 2.05) is 81.4 Å². The SMILES string of the molecule is CC[C@H](C)NC(=O)[C@@H](Cc1ccccc1)N(Cc1ccccc1)C(=O)CN(c1ccc(OC)c(OC)c1)S(=O)(=O)c1ccc(C)cc1. The molecule has 4 aromatic rings. The van der Waals surface area contributed by atoms with E-state index in [4.69, 9.17) is 9.47 Å². The molecule has 1 N–H and O–H groups in total. The van der Waals surface area contributed by atoms with Crippen LogP contribution in [-0.2, 0) is 32.6 Å². The van der Waals surface area contributed by atoms with Gasteiger partial charge in [-0.3, -0.25) is 13.9 Å². The van der Waals surface area contributed by atoms with Crippen molar-refractivity contribution in [3.05, 3.63) is 120 Å². The molecule has 10 heteroatoms. The van der Waals surface area contributed by atoms with E-state index in [0.717, 1.165) is 21.0 Å². The van der Waals surface area contributed by atoms with Gasteiger partial charge in [0.25, 0.3) is 10.0 Å². The average Bonchev–Trinajstić information content (AvgIpc) is 3.09. The number of carbonyl (C=O) groups excluding carboxylic acids is 2. The highest BCUT2D eigenvalue weighted by atomic mass is 32.2. The topological polar surface area (TPSA) is 105 Å². The molecule has 2 amide bonds. The van der Waals surface area contributed by atoms with Crippen molar-refractivity contribution < 1.29 is 27.5 Å². The van der Waals surface area contributed by atoms with Gasteiger partial charge in [0, 0.05) is 25.1 Å². The quantitative estimate of drug-likeness (QED) is 0.174. The molecule has 47 heavy (non-hydrogen) atoms. The number of hydrogen-bond donors (Lipinski definition) is 1. The zero-order chi connectivity index (χ0) is 34.0. The summed E-state index contributed by atoms with van der Waals surface area (Å²) in [4.78, 5) is 30.1. The summed E-state index contributed by atoms with van der Waals surface area (Å²) in [7, 11) is -1.31. The Morgan fingerprint density at radius 1 is 0.809 bits per heavy atom. The number of rotatable bonds is 15. The highest BCUT2D eigenvalue weighted by molar-refractivity contribution is 7.92. The van der Waals surface area contributed by atoms with Crippen LogP contribution in [-0.4, -0.2) is 58.0 Å². The lowest BCUT2D eigenvalue weighted by Crippen LogP contribution is -2.54. The first kappa shape index (κ1) is 35.0. The number of aryl methyl sites for hydroxylation is 1. The van der Waals surface area contributed by atoms with Crippen molar-refractivity contribution in [2.24, 2.45) is 0 Å². The molecular weight excluding hydrogens is 614 g/mol. The molecule has 0 heterocycles. The summed E-state index contributed by atoms with van der Waals surface area (Å²) in [6.07, 6.45) is 0.945. The number of methoxy groups -OCH3 is 2. The van der Waals surface area contributed by atoms with Crippen LogP contribution in [0.3, 0.4) is 0 Å². The molecule has 0 spiro atoms. The van der Waals surface area contributed by atoms with E-state index in [1.165, 1.54) is 37.3 Å². The average molecular weight is 658 g/mol. The predicted molar refractivity (Wildman–Crippen MR) is 184 cm³/mol. The number of nitrogens with zero attached hydrogens (tertiary/aromatic N) is 2. The third-order valence-electron chi connectivity index (χ3n) is 8.01. The number of ether oxygens (including phenoxy) is 2. The van der Waals surface area contributed by atoms with Crippen molar-refractivity contribution in [3.63, 3.8) is 0 Å². The minimum Gasteiger partial charge on any atom is -0.493 e. The van der Waals surface area contributed by atoms with Gasteiger partial charge in [-0.1, -0.05) is 85.3 Å². The molecule has 0 aliphatic rings. The molecule has 9 nitrogen and oxygen atoms in total. The fourth-order valence-electron chi connectivity index (χ4n) is 5.12. The van der Waals surface area contributed by atoms with E-state index in [-0.39, 0.29) is 35.5 Å². The monoisotopic (exact) mass is 657 g/mol. The van der Waals surface area contributed by atoms with Gasteiger partial charge in [0.05, 0.1) is 24.8 Å². The van der Waals surface area contributed by atoms with Gasteiger partial charge in [-0.25, -0.2) is 8.42 Å². The summed E-state index contributed by atoms with van der Waals surface area (Å²) in [5.41, 5.74) is 2.77. The lowest BCUT2D eigenvalue weighted by molar-refractivity contribution is -0.140. The van der Waals surface area contributed by atoms with Gasteiger partial charge in [0.2, 0.25) is 11.8 Å². The van der Waals surface area contributed by atoms with Gasteiger partial charge in [-0.15, -0.1) is 0 Å². The molecule has 0 aliphatic heterocycles. The number of nitrogens with one attached hydrogen (secondary N) is 1. The molecular formula is C37H43N3O6S. The Morgan fingerprint density at radius 3 is 1.98 bits per heavy atom. The lowest BCUT2D eigenvalue weighted by atomic mass is 10.0. The Balaban J connectivity index is 1.83. The largest absolute Gasteiger partial charge is 0.493 e. The van der Waals surface area contributed by atoms with Gasteiger partial charge in [-0.05, 0) is 55.7 Å². The fraction of sp³-hybridized carbons (Fsp3) is 0.297. The number of carbonyl (C=O) groups is 2. The van der Waals surface area contributed by atoms with E-state index in [1.54, 1.807) is 24.3 Å². The maximum atomic E-state index is 14.6. The zero-order valence-electron chi connectivity index (χ0n) is 27.6. The molecule has 4 aromatic carbocycles. The van der Waals surface area contributed by atoms with Crippen LogP contribution in [0.2, 0.25) is 0 Å². The number of hydrogen-bond acceptors (Lipinski definition) is 6. The van der Waals surface area contributed by atoms with Crippen LogP contribution in [0.4, 0.5) is 5.69 Å². The van der Waals surface area contributed by atoms with E-state index >= 15 is 0 Å². The predicted octanol–water partition coefficient (Wildman–Crippen LogP) is 5.76. The van der Waals surface area contributed by atoms with Gasteiger partial charge >= 0.3 is 0 Å². The Hall–Kier alpha value is -4.83. The Kier molecular flexibility index (Phi) is 12.0. The van der Waals surface area contributed by atoms with Crippen LogP contribution < -0.4 is 19.1 Å². The Morgan fingerprint density at radius 2 is 1.40 bits per heavy atom. The van der Waals surface area contributed by atoms with Gasteiger partial charge in [0.15, 0.2) is 11.5 Å². The third-order valence-corrected chi connectivity index (χ3v) is 9.80. The van der Waals surface area contributed by atoms with Crippen molar-refractivity contribution in [1.29, 1.82) is 0 Å². The number of sulfonamides is 1. The second-order valence-corrected chi connectivity index (χ2v) is 13.3. The van der Waals surface area contributed by atoms with Gasteiger partial charge < -0.3 is 19.7 Å². The van der Waals surface area contributed by atoms with Gasteiger partial charge in [-0.2, -0.15) is 0 Å². The minimum atomic E-state index is -4.26. The van der Waals surface area contributed by atoms with E-state index in [0.29, 0.717) is 17.9 Å². The van der Waals surface area contributed by atoms with Crippen LogP contribution in [0, 0.1) is 6.92 Å². The third kappa shape index (κ3) is 8.92. The summed E-state index contributed by atoms with van der Waals surface area (Å²) in [6.45, 7) is 5.27. The number of amides is 2. The van der Waals surface area contributed by atoms with Crippen LogP contribution in [0.15, 0.2) is 108 Å². The first-order valence-corrected chi connectivity index (χ1v) is 17.0. The van der Waals surface area contributed by atoms with Crippen LogP contribution in [0.25, 0.3) is 0 Å². The van der Waals surface area contributed by atoms with Crippen molar-refractivity contribution >= 4 is 27.5 Å². The maximum Gasteiger partial charge on any atom is 0.264 e. The normalized spacial score (nSPS) is 12.4. The molecule has 2 atom stereocenters. The molecule has 248 valence electrons. The van der Waals surface area contributed by atoms with Crippen LogP contribution >= 0.6 is 0 Å². The first-order valence-electron chi connectivity index (χ1n) is 15.6. The number of anilines is 1. The molecule has 0 aliphatic carbocycles. The maximum absolute atomic E-state index is 14.6. The summed E-state index contributed by atoms with van der Waals surface area (Å²) < 4.78 is 40.5. The van der Waals surface area contributed by atoms with Crippen molar-refractivity contribution in [2.45, 2.75) is 57.1 Å². The van der Waals surface area contributed by atoms with Crippen molar-refractivity contribution in [1.82, 2.24) is 10.2 Å². The molecule has 0 bridgehead atoms. The molecule has 4 rings (SSSR count). The summed E-state index contributed by atoms with van der Waals surface area (Å²) in [5, 5.41) is 3.05. The van der Waals surface area contributed by atoms with Crippen molar-refractivity contribution in [3.8, 4) is 11.5 Å². The molecule has 0 unspecified atom stereocenters. The Labute approximate surface area is 278 Å². The Bertz CT molecular complexity index is 1730. The van der Waals surface area contributed by atoms with Crippen LogP contribution in [0.1, 0.15) is 37.0 Å². The fourth-order valence-corrected chi connectivity index (χ4v) is 6.53. The van der Waals surface area contributed by atoms with E-state index < -0.39 is 28.5 Å². The first-order chi connectivity index (χ1) is 22.6. The smallest absolute Gasteiger partial charge is 0.264 e. The van der Waals surface area contributed by atoms with Crippen molar-refractivity contribution in [2.75, 3.05) is 25.1 Å². The summed E-state index contributed by atoms with van der Waals surface area (Å²) in [6, 6.07) is 28.9. The second kappa shape index (κ2) is 16.1. The molecule has 0 radical (unpaired) electrons. The molecule has 0 aromatic heterocycles. The summed E-state index contributed by atoms with van der Waals surface area (Å²) >= 11 is 0.